The van der Waals surface area contributed by atoms with Gasteiger partial charge in [0.05, 0.1) is 15.5 Å². The Bertz CT molecular complexity index is 1050. The molecule has 1 fully saturated rings. The smallest absolute Gasteiger partial charge is 0.326 e. The number of amides is 1. The second-order valence-corrected chi connectivity index (χ2v) is 10.3. The van der Waals surface area contributed by atoms with Gasteiger partial charge in [0.1, 0.15) is 0 Å². The number of nitrogens with one attached hydrogen (secondary N) is 1. The van der Waals surface area contributed by atoms with Crippen molar-refractivity contribution in [2.45, 2.75) is 28.8 Å². The first-order valence-corrected chi connectivity index (χ1v) is 12.4. The molecule has 3 rings (SSSR count). The Kier molecular flexibility index (Phi) is 7.25. The molecule has 0 aromatic heterocycles. The van der Waals surface area contributed by atoms with Crippen molar-refractivity contribution in [2.24, 2.45) is 5.92 Å². The molecule has 11 heteroatoms. The van der Waals surface area contributed by atoms with Gasteiger partial charge in [0.15, 0.2) is 0 Å². The molecule has 2 aromatic carbocycles. The van der Waals surface area contributed by atoms with Crippen LogP contribution in [0.1, 0.15) is 18.4 Å². The molecular formula is C20H20ClF3N2O3S2. The molecular weight excluding hydrogens is 473 g/mol. The number of hydrogen-bond donors (Lipinski definition) is 1. The second-order valence-electron chi connectivity index (χ2n) is 7.04. The second kappa shape index (κ2) is 9.40. The van der Waals surface area contributed by atoms with Crippen molar-refractivity contribution in [1.82, 2.24) is 4.31 Å². The summed E-state index contributed by atoms with van der Waals surface area (Å²) in [5.74, 6) is -0.595. The molecule has 31 heavy (non-hydrogen) atoms. The lowest BCUT2D eigenvalue weighted by Gasteiger charge is -2.30. The summed E-state index contributed by atoms with van der Waals surface area (Å²) < 4.78 is 66.0. The highest BCUT2D eigenvalue weighted by Crippen LogP contribution is 2.37. The number of anilines is 1. The lowest BCUT2D eigenvalue weighted by molar-refractivity contribution is -0.137. The lowest BCUT2D eigenvalue weighted by atomic mass is 9.97. The van der Waals surface area contributed by atoms with E-state index in [4.69, 9.17) is 11.6 Å². The Morgan fingerprint density at radius 1 is 1.13 bits per heavy atom. The van der Waals surface area contributed by atoms with Gasteiger partial charge in [-0.3, -0.25) is 4.79 Å². The fourth-order valence-corrected chi connectivity index (χ4v) is 5.44. The van der Waals surface area contributed by atoms with E-state index >= 15 is 0 Å². The monoisotopic (exact) mass is 492 g/mol. The summed E-state index contributed by atoms with van der Waals surface area (Å²) in [5.41, 5.74) is -0.546. The maximum atomic E-state index is 13.1. The molecule has 1 aliphatic rings. The molecule has 168 valence electrons. The lowest BCUT2D eigenvalue weighted by Crippen LogP contribution is -2.41. The van der Waals surface area contributed by atoms with Gasteiger partial charge in [-0.1, -0.05) is 11.6 Å². The molecule has 0 bridgehead atoms. The van der Waals surface area contributed by atoms with E-state index < -0.39 is 31.7 Å². The van der Waals surface area contributed by atoms with Gasteiger partial charge in [0.25, 0.3) is 0 Å². The fourth-order valence-electron chi connectivity index (χ4n) is 3.31. The zero-order chi connectivity index (χ0) is 22.8. The first-order chi connectivity index (χ1) is 14.5. The molecule has 1 saturated heterocycles. The van der Waals surface area contributed by atoms with Crippen molar-refractivity contribution in [3.8, 4) is 0 Å². The highest BCUT2D eigenvalue weighted by atomic mass is 35.5. The molecule has 5 nitrogen and oxygen atoms in total. The van der Waals surface area contributed by atoms with Gasteiger partial charge < -0.3 is 5.32 Å². The predicted molar refractivity (Wildman–Crippen MR) is 115 cm³/mol. The number of carbonyl (C=O) groups excluding carboxylic acids is 1. The van der Waals surface area contributed by atoms with E-state index in [1.54, 1.807) is 23.9 Å². The topological polar surface area (TPSA) is 66.5 Å². The normalized spacial score (nSPS) is 16.3. The summed E-state index contributed by atoms with van der Waals surface area (Å²) in [4.78, 5) is 13.1. The average Bonchev–Trinajstić information content (AvgIpc) is 2.73. The summed E-state index contributed by atoms with van der Waals surface area (Å²) in [6, 6.07) is 9.90. The molecule has 0 spiro atoms. The summed E-state index contributed by atoms with van der Waals surface area (Å²) in [7, 11) is -4.14. The van der Waals surface area contributed by atoms with Crippen LogP contribution in [0, 0.1) is 5.92 Å². The van der Waals surface area contributed by atoms with E-state index in [1.165, 1.54) is 0 Å². The van der Waals surface area contributed by atoms with E-state index in [9.17, 15) is 26.4 Å². The van der Waals surface area contributed by atoms with Gasteiger partial charge in [0.2, 0.25) is 15.9 Å². The van der Waals surface area contributed by atoms with Crippen molar-refractivity contribution < 1.29 is 26.4 Å². The zero-order valence-corrected chi connectivity index (χ0v) is 18.8. The maximum absolute atomic E-state index is 13.1. The van der Waals surface area contributed by atoms with Crippen LogP contribution in [0.2, 0.25) is 5.02 Å². The van der Waals surface area contributed by atoms with Gasteiger partial charge in [-0.15, -0.1) is 11.8 Å². The standard InChI is InChI=1S/C20H20ClF3N2O3S2/c1-30-15-4-2-14(3-5-15)25-19(27)13-8-10-26(11-9-13)31(28,29)16-6-7-18(21)17(12-16)20(22,23)24/h2-7,12-13H,8-11H2,1H3,(H,25,27). The van der Waals surface area contributed by atoms with Crippen LogP contribution in [0.4, 0.5) is 18.9 Å². The Morgan fingerprint density at radius 3 is 2.29 bits per heavy atom. The number of sulfonamides is 1. The minimum atomic E-state index is -4.76. The van der Waals surface area contributed by atoms with Crippen molar-refractivity contribution in [3.05, 3.63) is 53.1 Å². The summed E-state index contributed by atoms with van der Waals surface area (Å²) in [6.07, 6.45) is -2.27. The van der Waals surface area contributed by atoms with Crippen LogP contribution in [-0.4, -0.2) is 38.0 Å². The van der Waals surface area contributed by atoms with E-state index in [0.717, 1.165) is 21.3 Å². The zero-order valence-electron chi connectivity index (χ0n) is 16.4. The third kappa shape index (κ3) is 5.54. The number of rotatable bonds is 5. The van der Waals surface area contributed by atoms with Gasteiger partial charge >= 0.3 is 6.18 Å². The summed E-state index contributed by atoms with van der Waals surface area (Å²) >= 11 is 7.16. The quantitative estimate of drug-likeness (QED) is 0.588. The maximum Gasteiger partial charge on any atom is 0.417 e. The third-order valence-corrected chi connectivity index (χ3v) is 8.03. The van der Waals surface area contributed by atoms with E-state index in [-0.39, 0.29) is 37.8 Å². The summed E-state index contributed by atoms with van der Waals surface area (Å²) in [6.45, 7) is 0.0750. The predicted octanol–water partition coefficient (Wildman–Crippen LogP) is 5.12. The number of nitrogens with zero attached hydrogens (tertiary/aromatic N) is 1. The third-order valence-electron chi connectivity index (χ3n) is 5.06. The van der Waals surface area contributed by atoms with E-state index in [1.807, 2.05) is 18.4 Å². The SMILES string of the molecule is CSc1ccc(NC(=O)C2CCN(S(=O)(=O)c3ccc(Cl)c(C(F)(F)F)c3)CC2)cc1. The molecule has 0 unspecified atom stereocenters. The number of thioether (sulfide) groups is 1. The van der Waals surface area contributed by atoms with Crippen molar-refractivity contribution in [1.29, 1.82) is 0 Å². The van der Waals surface area contributed by atoms with Crippen LogP contribution >= 0.6 is 23.4 Å². The van der Waals surface area contributed by atoms with E-state index in [0.29, 0.717) is 11.8 Å². The van der Waals surface area contributed by atoms with E-state index in [2.05, 4.69) is 5.32 Å². The van der Waals surface area contributed by atoms with Crippen LogP contribution < -0.4 is 5.32 Å². The Morgan fingerprint density at radius 2 is 1.74 bits per heavy atom. The highest BCUT2D eigenvalue weighted by molar-refractivity contribution is 7.98. The van der Waals surface area contributed by atoms with Crippen LogP contribution in [0.25, 0.3) is 0 Å². The van der Waals surface area contributed by atoms with Crippen molar-refractivity contribution in [2.75, 3.05) is 24.7 Å². The van der Waals surface area contributed by atoms with Gasteiger partial charge in [-0.05, 0) is 61.6 Å². The van der Waals surface area contributed by atoms with Crippen LogP contribution in [0.15, 0.2) is 52.3 Å². The molecule has 1 N–H and O–H groups in total. The average molecular weight is 493 g/mol. The number of halogens is 4. The fraction of sp³-hybridized carbons (Fsp3) is 0.350. The van der Waals surface area contributed by atoms with Crippen LogP contribution in [-0.2, 0) is 21.0 Å². The molecule has 0 saturated carbocycles. The van der Waals surface area contributed by atoms with Crippen LogP contribution in [0.5, 0.6) is 0 Å². The van der Waals surface area contributed by atoms with Gasteiger partial charge in [0, 0.05) is 29.6 Å². The molecule has 0 atom stereocenters. The molecule has 1 aliphatic heterocycles. The number of hydrogen-bond acceptors (Lipinski definition) is 4. The minimum absolute atomic E-state index is 0.0375. The first-order valence-electron chi connectivity index (χ1n) is 9.34. The summed E-state index contributed by atoms with van der Waals surface area (Å²) in [5, 5.41) is 2.26. The number of carbonyl (C=O) groups is 1. The Hall–Kier alpha value is -1.75. The highest BCUT2D eigenvalue weighted by Gasteiger charge is 2.37. The molecule has 1 amide bonds. The number of benzene rings is 2. The Labute approximate surface area is 188 Å². The molecule has 2 aromatic rings. The Balaban J connectivity index is 1.66. The van der Waals surface area contributed by atoms with Crippen LogP contribution in [0.3, 0.4) is 0 Å². The van der Waals surface area contributed by atoms with Crippen molar-refractivity contribution in [3.63, 3.8) is 0 Å². The van der Waals surface area contributed by atoms with Gasteiger partial charge in [-0.25, -0.2) is 8.42 Å². The van der Waals surface area contributed by atoms with Gasteiger partial charge in [-0.2, -0.15) is 17.5 Å². The molecule has 0 radical (unpaired) electrons. The molecule has 0 aliphatic carbocycles. The largest absolute Gasteiger partial charge is 0.417 e. The van der Waals surface area contributed by atoms with Crippen molar-refractivity contribution >= 4 is 45.0 Å². The molecule has 1 heterocycles. The first kappa shape index (κ1) is 23.9. The number of piperidine rings is 1. The minimum Gasteiger partial charge on any atom is -0.326 e. The number of alkyl halides is 3.